The van der Waals surface area contributed by atoms with Gasteiger partial charge in [-0.25, -0.2) is 4.99 Å². The molecule has 0 fully saturated rings. The minimum absolute atomic E-state index is 0.560. The first-order valence-electron chi connectivity index (χ1n) is 9.83. The molecule has 0 saturated heterocycles. The second-order valence-corrected chi connectivity index (χ2v) is 7.35. The number of ether oxygens (including phenoxy) is 1. The number of likely N-dealkylation sites (N-methyl/N-ethyl adjacent to an activating group) is 1. The van der Waals surface area contributed by atoms with Crippen LogP contribution in [0.4, 0.5) is 0 Å². The van der Waals surface area contributed by atoms with Gasteiger partial charge in [-0.3, -0.25) is 4.98 Å². The highest BCUT2D eigenvalue weighted by Crippen LogP contribution is 2.41. The molecule has 1 unspecified atom stereocenters. The third-order valence-electron chi connectivity index (χ3n) is 5.64. The van der Waals surface area contributed by atoms with E-state index in [9.17, 15) is 0 Å². The molecule has 3 aromatic rings. The number of pyridine rings is 1. The number of rotatable bonds is 5. The van der Waals surface area contributed by atoms with Gasteiger partial charge in [-0.05, 0) is 65.9 Å². The molecule has 0 bridgehead atoms. The minimum atomic E-state index is -0.560. The molecule has 5 heteroatoms. The Bertz CT molecular complexity index is 1050. The van der Waals surface area contributed by atoms with E-state index in [4.69, 9.17) is 15.5 Å². The number of methoxy groups -OCH3 is 1. The van der Waals surface area contributed by atoms with E-state index in [1.165, 1.54) is 0 Å². The van der Waals surface area contributed by atoms with Gasteiger partial charge in [-0.2, -0.15) is 0 Å². The van der Waals surface area contributed by atoms with Crippen molar-refractivity contribution >= 4 is 5.96 Å². The summed E-state index contributed by atoms with van der Waals surface area (Å²) in [6, 6.07) is 18.8. The van der Waals surface area contributed by atoms with E-state index >= 15 is 0 Å². The van der Waals surface area contributed by atoms with Gasteiger partial charge in [0.1, 0.15) is 11.3 Å². The minimum Gasteiger partial charge on any atom is -0.496 e. The third kappa shape index (κ3) is 3.33. The SMILES string of the molecule is CCN1CC(c2cccc(-c3cccnc3)c2)(c2ccc(OC)c(C)c2)N=C1N. The van der Waals surface area contributed by atoms with Crippen LogP contribution in [0.2, 0.25) is 0 Å². The average Bonchev–Trinajstić information content (AvgIpc) is 3.12. The summed E-state index contributed by atoms with van der Waals surface area (Å²) in [7, 11) is 1.69. The topological polar surface area (TPSA) is 63.7 Å². The molecule has 2 heterocycles. The molecular weight excluding hydrogens is 360 g/mol. The predicted octanol–water partition coefficient (Wildman–Crippen LogP) is 3.96. The first kappa shape index (κ1) is 19.0. The van der Waals surface area contributed by atoms with Crippen LogP contribution < -0.4 is 10.5 Å². The molecule has 4 rings (SSSR count). The highest BCUT2D eigenvalue weighted by molar-refractivity contribution is 5.82. The van der Waals surface area contributed by atoms with Crippen molar-refractivity contribution in [2.75, 3.05) is 20.2 Å². The lowest BCUT2D eigenvalue weighted by Gasteiger charge is -2.30. The average molecular weight is 386 g/mol. The van der Waals surface area contributed by atoms with Gasteiger partial charge in [-0.15, -0.1) is 0 Å². The Balaban J connectivity index is 1.88. The number of nitrogens with two attached hydrogens (primary N) is 1. The van der Waals surface area contributed by atoms with Gasteiger partial charge in [0.25, 0.3) is 0 Å². The second-order valence-electron chi connectivity index (χ2n) is 7.35. The van der Waals surface area contributed by atoms with Crippen molar-refractivity contribution in [3.8, 4) is 16.9 Å². The summed E-state index contributed by atoms with van der Waals surface area (Å²) < 4.78 is 5.46. The van der Waals surface area contributed by atoms with E-state index in [0.29, 0.717) is 12.5 Å². The smallest absolute Gasteiger partial charge is 0.192 e. The maximum atomic E-state index is 6.32. The fraction of sp³-hybridized carbons (Fsp3) is 0.250. The Morgan fingerprint density at radius 1 is 1.07 bits per heavy atom. The first-order valence-corrected chi connectivity index (χ1v) is 9.83. The van der Waals surface area contributed by atoms with Crippen molar-refractivity contribution in [2.24, 2.45) is 10.7 Å². The maximum absolute atomic E-state index is 6.32. The number of aryl methyl sites for hydroxylation is 1. The lowest BCUT2D eigenvalue weighted by molar-refractivity contribution is 0.391. The number of guanidine groups is 1. The zero-order chi connectivity index (χ0) is 20.4. The Labute approximate surface area is 171 Å². The van der Waals surface area contributed by atoms with E-state index < -0.39 is 5.54 Å². The number of benzene rings is 2. The molecule has 2 N–H and O–H groups in total. The summed E-state index contributed by atoms with van der Waals surface area (Å²) in [6.45, 7) is 5.68. The molecule has 148 valence electrons. The molecule has 1 aliphatic rings. The predicted molar refractivity (Wildman–Crippen MR) is 117 cm³/mol. The molecule has 1 atom stereocenters. The highest BCUT2D eigenvalue weighted by Gasteiger charge is 2.41. The van der Waals surface area contributed by atoms with E-state index in [0.717, 1.165) is 40.1 Å². The molecule has 2 aromatic carbocycles. The molecule has 0 spiro atoms. The van der Waals surface area contributed by atoms with Gasteiger partial charge < -0.3 is 15.4 Å². The van der Waals surface area contributed by atoms with Crippen LogP contribution in [-0.4, -0.2) is 36.0 Å². The third-order valence-corrected chi connectivity index (χ3v) is 5.64. The summed E-state index contributed by atoms with van der Waals surface area (Å²) in [4.78, 5) is 11.4. The lowest BCUT2D eigenvalue weighted by Crippen LogP contribution is -2.37. The zero-order valence-electron chi connectivity index (χ0n) is 17.1. The standard InChI is InChI=1S/C24H26N4O/c1-4-28-16-24(27-23(28)25,21-10-11-22(29-3)17(2)13-21)20-9-5-7-18(14-20)19-8-6-12-26-15-19/h5-15H,4,16H2,1-3H3,(H2,25,27). The van der Waals surface area contributed by atoms with Crippen LogP contribution in [0.5, 0.6) is 5.75 Å². The van der Waals surface area contributed by atoms with Gasteiger partial charge in [0.15, 0.2) is 5.96 Å². The maximum Gasteiger partial charge on any atom is 0.192 e. The van der Waals surface area contributed by atoms with E-state index in [-0.39, 0.29) is 0 Å². The van der Waals surface area contributed by atoms with E-state index in [1.54, 1.807) is 13.3 Å². The van der Waals surface area contributed by atoms with E-state index in [2.05, 4.69) is 66.2 Å². The van der Waals surface area contributed by atoms with Crippen LogP contribution in [0, 0.1) is 6.92 Å². The first-order chi connectivity index (χ1) is 14.1. The molecule has 5 nitrogen and oxygen atoms in total. The second kappa shape index (κ2) is 7.59. The van der Waals surface area contributed by atoms with Crippen molar-refractivity contribution in [1.29, 1.82) is 0 Å². The summed E-state index contributed by atoms with van der Waals surface area (Å²) in [5, 5.41) is 0. The molecule has 0 saturated carbocycles. The van der Waals surface area contributed by atoms with Gasteiger partial charge in [0, 0.05) is 18.9 Å². The molecule has 0 aliphatic carbocycles. The van der Waals surface area contributed by atoms with Crippen molar-refractivity contribution in [3.05, 3.63) is 83.7 Å². The zero-order valence-corrected chi connectivity index (χ0v) is 17.1. The molecule has 0 amide bonds. The lowest BCUT2D eigenvalue weighted by atomic mass is 9.82. The summed E-state index contributed by atoms with van der Waals surface area (Å²) in [5.41, 5.74) is 11.3. The highest BCUT2D eigenvalue weighted by atomic mass is 16.5. The van der Waals surface area contributed by atoms with Crippen LogP contribution in [-0.2, 0) is 5.54 Å². The number of hydrogen-bond acceptors (Lipinski definition) is 5. The van der Waals surface area contributed by atoms with Crippen LogP contribution in [0.15, 0.2) is 72.0 Å². The van der Waals surface area contributed by atoms with Gasteiger partial charge in [0.2, 0.25) is 0 Å². The van der Waals surface area contributed by atoms with Crippen LogP contribution in [0.3, 0.4) is 0 Å². The normalized spacial score (nSPS) is 18.6. The fourth-order valence-corrected chi connectivity index (χ4v) is 4.04. The van der Waals surface area contributed by atoms with Crippen molar-refractivity contribution in [1.82, 2.24) is 9.88 Å². The molecular formula is C24H26N4O. The Kier molecular flexibility index (Phi) is 4.97. The van der Waals surface area contributed by atoms with Crippen molar-refractivity contribution < 1.29 is 4.74 Å². The van der Waals surface area contributed by atoms with Crippen molar-refractivity contribution in [2.45, 2.75) is 19.4 Å². The fourth-order valence-electron chi connectivity index (χ4n) is 4.04. The number of nitrogens with zero attached hydrogens (tertiary/aromatic N) is 3. The molecule has 1 aliphatic heterocycles. The van der Waals surface area contributed by atoms with E-state index in [1.807, 2.05) is 18.3 Å². The summed E-state index contributed by atoms with van der Waals surface area (Å²) in [6.07, 6.45) is 3.67. The van der Waals surface area contributed by atoms with Crippen LogP contribution >= 0.6 is 0 Å². The molecule has 29 heavy (non-hydrogen) atoms. The number of aliphatic imine (C=N–C) groups is 1. The Morgan fingerprint density at radius 2 is 1.86 bits per heavy atom. The van der Waals surface area contributed by atoms with Gasteiger partial charge in [0.05, 0.1) is 13.7 Å². The monoisotopic (exact) mass is 386 g/mol. The van der Waals surface area contributed by atoms with Crippen LogP contribution in [0.25, 0.3) is 11.1 Å². The van der Waals surface area contributed by atoms with Crippen LogP contribution in [0.1, 0.15) is 23.6 Å². The number of hydrogen-bond donors (Lipinski definition) is 1. The molecule has 1 aromatic heterocycles. The Hall–Kier alpha value is -3.34. The summed E-state index contributed by atoms with van der Waals surface area (Å²) >= 11 is 0. The number of aromatic nitrogens is 1. The largest absolute Gasteiger partial charge is 0.496 e. The quantitative estimate of drug-likeness (QED) is 0.721. The van der Waals surface area contributed by atoms with Gasteiger partial charge in [-0.1, -0.05) is 30.3 Å². The Morgan fingerprint density at radius 3 is 2.52 bits per heavy atom. The van der Waals surface area contributed by atoms with Crippen molar-refractivity contribution in [3.63, 3.8) is 0 Å². The summed E-state index contributed by atoms with van der Waals surface area (Å²) in [5.74, 6) is 1.45. The van der Waals surface area contributed by atoms with Gasteiger partial charge >= 0.3 is 0 Å². The molecule has 0 radical (unpaired) electrons.